The molecule has 8 heavy (non-hydrogen) atoms. The van der Waals surface area contributed by atoms with Crippen molar-refractivity contribution in [3.63, 3.8) is 0 Å². The van der Waals surface area contributed by atoms with E-state index < -0.39 is 6.41 Å². The highest BCUT2D eigenvalue weighted by Crippen LogP contribution is 2.13. The third-order valence-electron chi connectivity index (χ3n) is 0.790. The van der Waals surface area contributed by atoms with Crippen molar-refractivity contribution in [3.8, 4) is 0 Å². The Morgan fingerprint density at radius 1 is 2.00 bits per heavy atom. The fraction of sp³-hybridized carbons (Fsp3) is 0.500. The number of nitrogens with one attached hydrogen (secondary N) is 1. The van der Waals surface area contributed by atoms with E-state index in [0.29, 0.717) is 0 Å². The van der Waals surface area contributed by atoms with Crippen LogP contribution in [-0.4, -0.2) is 17.8 Å². The number of hydrogen-bond donors (Lipinski definition) is 2. The van der Waals surface area contributed by atoms with Crippen LogP contribution in [0.5, 0.6) is 0 Å². The van der Waals surface area contributed by atoms with Crippen LogP contribution in [0.25, 0.3) is 0 Å². The largest absolute Gasteiger partial charge is 0.452 e. The van der Waals surface area contributed by atoms with E-state index in [1.165, 1.54) is 18.0 Å². The molecule has 0 aromatic carbocycles. The first-order chi connectivity index (χ1) is 3.83. The maximum absolute atomic E-state index is 8.63. The minimum absolute atomic E-state index is 0.836. The predicted octanol–water partition coefficient (Wildman–Crippen LogP) is 0.0440. The third kappa shape index (κ3) is 1.08. The van der Waals surface area contributed by atoms with Crippen molar-refractivity contribution in [3.05, 3.63) is 11.3 Å². The summed E-state index contributed by atoms with van der Waals surface area (Å²) in [7, 11) is 0. The van der Waals surface area contributed by atoms with Gasteiger partial charge in [0, 0.05) is 0 Å². The number of aliphatic hydroxyl groups excluding tert-OH is 1. The first-order valence-electron chi connectivity index (χ1n) is 2.17. The van der Waals surface area contributed by atoms with Crippen molar-refractivity contribution < 1.29 is 9.84 Å². The lowest BCUT2D eigenvalue weighted by molar-refractivity contribution is -0.0491. The Labute approximate surface area is 51.7 Å². The van der Waals surface area contributed by atoms with Crippen LogP contribution in [0.2, 0.25) is 0 Å². The van der Waals surface area contributed by atoms with E-state index in [1.807, 2.05) is 6.26 Å². The molecule has 0 aliphatic carbocycles. The van der Waals surface area contributed by atoms with E-state index in [4.69, 9.17) is 5.11 Å². The lowest BCUT2D eigenvalue weighted by Crippen LogP contribution is -2.21. The van der Waals surface area contributed by atoms with E-state index in [1.54, 1.807) is 0 Å². The summed E-state index contributed by atoms with van der Waals surface area (Å²) in [5.74, 6) is 0. The Balaban J connectivity index is 2.37. The molecule has 3 nitrogen and oxygen atoms in total. The van der Waals surface area contributed by atoms with Gasteiger partial charge in [0.15, 0.2) is 0 Å². The standard InChI is InChI=1S/C4H7NO2S/c1-8-3-2-7-4(6)5-3/h2,4-6H,1H3. The molecular weight excluding hydrogens is 126 g/mol. The highest BCUT2D eigenvalue weighted by molar-refractivity contribution is 8.02. The van der Waals surface area contributed by atoms with Crippen LogP contribution >= 0.6 is 11.8 Å². The Kier molecular flexibility index (Phi) is 1.65. The predicted molar refractivity (Wildman–Crippen MR) is 31.8 cm³/mol. The number of aliphatic hydroxyl groups is 1. The van der Waals surface area contributed by atoms with Gasteiger partial charge in [0.2, 0.25) is 0 Å². The Hall–Kier alpha value is -0.350. The van der Waals surface area contributed by atoms with Crippen LogP contribution in [-0.2, 0) is 4.74 Å². The van der Waals surface area contributed by atoms with Gasteiger partial charge in [0.05, 0.1) is 0 Å². The number of ether oxygens (including phenoxy) is 1. The molecule has 1 rings (SSSR count). The average Bonchev–Trinajstić information content (AvgIpc) is 2.14. The summed E-state index contributed by atoms with van der Waals surface area (Å²) in [4.78, 5) is 0. The van der Waals surface area contributed by atoms with Gasteiger partial charge in [-0.1, -0.05) is 0 Å². The van der Waals surface area contributed by atoms with Crippen LogP contribution in [0.15, 0.2) is 11.3 Å². The fourth-order valence-electron chi connectivity index (χ4n) is 0.423. The molecule has 1 unspecified atom stereocenters. The summed E-state index contributed by atoms with van der Waals surface area (Å²) < 4.78 is 4.62. The molecule has 1 heterocycles. The van der Waals surface area contributed by atoms with Gasteiger partial charge in [-0.15, -0.1) is 11.8 Å². The van der Waals surface area contributed by atoms with Crippen molar-refractivity contribution in [1.82, 2.24) is 5.32 Å². The Morgan fingerprint density at radius 2 is 2.75 bits per heavy atom. The fourth-order valence-corrected chi connectivity index (χ4v) is 0.793. The van der Waals surface area contributed by atoms with Crippen molar-refractivity contribution in [2.45, 2.75) is 6.41 Å². The second-order valence-electron chi connectivity index (χ2n) is 1.32. The maximum atomic E-state index is 8.63. The van der Waals surface area contributed by atoms with Crippen molar-refractivity contribution >= 4 is 11.8 Å². The molecule has 1 aliphatic heterocycles. The molecule has 46 valence electrons. The molecule has 0 bridgehead atoms. The summed E-state index contributed by atoms with van der Waals surface area (Å²) in [6.07, 6.45) is 2.56. The lowest BCUT2D eigenvalue weighted by atomic mass is 11.0. The molecule has 0 saturated heterocycles. The van der Waals surface area contributed by atoms with Crippen molar-refractivity contribution in [2.24, 2.45) is 0 Å². The Morgan fingerprint density at radius 3 is 3.00 bits per heavy atom. The maximum Gasteiger partial charge on any atom is 0.278 e. The molecule has 4 heteroatoms. The van der Waals surface area contributed by atoms with Crippen LogP contribution < -0.4 is 5.32 Å². The van der Waals surface area contributed by atoms with E-state index >= 15 is 0 Å². The van der Waals surface area contributed by atoms with Crippen LogP contribution in [0.4, 0.5) is 0 Å². The summed E-state index contributed by atoms with van der Waals surface area (Å²) >= 11 is 1.50. The van der Waals surface area contributed by atoms with Gasteiger partial charge in [0.25, 0.3) is 6.41 Å². The smallest absolute Gasteiger partial charge is 0.278 e. The molecule has 1 aliphatic rings. The van der Waals surface area contributed by atoms with Crippen molar-refractivity contribution in [1.29, 1.82) is 0 Å². The molecule has 0 saturated carbocycles. The lowest BCUT2D eigenvalue weighted by Gasteiger charge is -2.01. The summed E-state index contributed by atoms with van der Waals surface area (Å²) in [6, 6.07) is 0. The second-order valence-corrected chi connectivity index (χ2v) is 2.17. The quantitative estimate of drug-likeness (QED) is 0.530. The zero-order valence-corrected chi connectivity index (χ0v) is 5.23. The first-order valence-corrected chi connectivity index (χ1v) is 3.39. The zero-order valence-electron chi connectivity index (χ0n) is 4.42. The monoisotopic (exact) mass is 133 g/mol. The van der Waals surface area contributed by atoms with Crippen LogP contribution in [0.1, 0.15) is 0 Å². The second kappa shape index (κ2) is 2.28. The van der Waals surface area contributed by atoms with Gasteiger partial charge >= 0.3 is 0 Å². The van der Waals surface area contributed by atoms with Crippen LogP contribution in [0, 0.1) is 0 Å². The molecule has 0 aromatic heterocycles. The molecule has 2 N–H and O–H groups in total. The molecule has 0 amide bonds. The van der Waals surface area contributed by atoms with Gasteiger partial charge in [-0.2, -0.15) is 0 Å². The molecule has 0 fully saturated rings. The number of rotatable bonds is 1. The molecule has 1 atom stereocenters. The average molecular weight is 133 g/mol. The van der Waals surface area contributed by atoms with Crippen molar-refractivity contribution in [2.75, 3.05) is 6.26 Å². The normalized spacial score (nSPS) is 26.2. The van der Waals surface area contributed by atoms with E-state index in [0.717, 1.165) is 5.03 Å². The molecule has 0 spiro atoms. The van der Waals surface area contributed by atoms with E-state index in [2.05, 4.69) is 10.1 Å². The third-order valence-corrected chi connectivity index (χ3v) is 1.44. The first kappa shape index (κ1) is 5.78. The Bertz CT molecular complexity index is 115. The minimum Gasteiger partial charge on any atom is -0.452 e. The molecular formula is C4H7NO2S. The van der Waals surface area contributed by atoms with E-state index in [-0.39, 0.29) is 0 Å². The van der Waals surface area contributed by atoms with Crippen LogP contribution in [0.3, 0.4) is 0 Å². The topological polar surface area (TPSA) is 41.5 Å². The highest BCUT2D eigenvalue weighted by Gasteiger charge is 2.10. The molecule has 0 aromatic rings. The zero-order chi connectivity index (χ0) is 5.98. The summed E-state index contributed by atoms with van der Waals surface area (Å²) in [6.45, 7) is 0. The van der Waals surface area contributed by atoms with Gasteiger partial charge in [0.1, 0.15) is 11.3 Å². The summed E-state index contributed by atoms with van der Waals surface area (Å²) in [5.41, 5.74) is 0. The van der Waals surface area contributed by atoms with E-state index in [9.17, 15) is 0 Å². The number of thioether (sulfide) groups is 1. The molecule has 0 radical (unpaired) electrons. The van der Waals surface area contributed by atoms with Gasteiger partial charge in [-0.3, -0.25) is 0 Å². The summed E-state index contributed by atoms with van der Waals surface area (Å²) in [5, 5.41) is 12.2. The number of hydrogen-bond acceptors (Lipinski definition) is 4. The minimum atomic E-state index is -0.836. The van der Waals surface area contributed by atoms with Gasteiger partial charge < -0.3 is 15.2 Å². The van der Waals surface area contributed by atoms with Gasteiger partial charge in [-0.05, 0) is 6.26 Å². The van der Waals surface area contributed by atoms with Gasteiger partial charge in [-0.25, -0.2) is 0 Å². The highest BCUT2D eigenvalue weighted by atomic mass is 32.2. The SMILES string of the molecule is CSC1=COC(O)N1.